The lowest BCUT2D eigenvalue weighted by molar-refractivity contribution is 0.304. The van der Waals surface area contributed by atoms with Crippen LogP contribution in [0.4, 0.5) is 10.1 Å². The van der Waals surface area contributed by atoms with Gasteiger partial charge in [0.05, 0.1) is 17.3 Å². The molecule has 0 aliphatic rings. The van der Waals surface area contributed by atoms with Gasteiger partial charge in [-0.3, -0.25) is 0 Å². The molecule has 0 saturated heterocycles. The summed E-state index contributed by atoms with van der Waals surface area (Å²) >= 11 is 3.19. The summed E-state index contributed by atoms with van der Waals surface area (Å²) in [5, 5.41) is 0. The molecule has 2 aromatic rings. The first kappa shape index (κ1) is 13.7. The van der Waals surface area contributed by atoms with Crippen molar-refractivity contribution in [1.82, 2.24) is 0 Å². The second kappa shape index (κ2) is 5.93. The van der Waals surface area contributed by atoms with Crippen molar-refractivity contribution < 1.29 is 13.9 Å². The van der Waals surface area contributed by atoms with Crippen molar-refractivity contribution in [2.24, 2.45) is 0 Å². The van der Waals surface area contributed by atoms with Gasteiger partial charge in [0.25, 0.3) is 0 Å². The average molecular weight is 326 g/mol. The van der Waals surface area contributed by atoms with Gasteiger partial charge in [-0.05, 0) is 34.1 Å². The van der Waals surface area contributed by atoms with Gasteiger partial charge in [0.15, 0.2) is 0 Å². The number of ether oxygens (including phenoxy) is 2. The molecule has 0 amide bonds. The van der Waals surface area contributed by atoms with Crippen molar-refractivity contribution in [2.75, 3.05) is 12.8 Å². The fourth-order valence-electron chi connectivity index (χ4n) is 1.58. The number of anilines is 1. The van der Waals surface area contributed by atoms with E-state index in [-0.39, 0.29) is 12.4 Å². The Morgan fingerprint density at radius 3 is 2.79 bits per heavy atom. The molecule has 0 radical (unpaired) electrons. The molecule has 100 valence electrons. The first-order valence-corrected chi connectivity index (χ1v) is 6.40. The third kappa shape index (κ3) is 3.17. The standard InChI is InChI=1S/C14H13BrFNO2/c1-18-10-5-6-12(17)13(7-10)19-8-9-3-2-4-11(16)14(9)15/h2-7H,8,17H2,1H3. The molecule has 19 heavy (non-hydrogen) atoms. The van der Waals surface area contributed by atoms with Crippen LogP contribution in [0.25, 0.3) is 0 Å². The number of benzene rings is 2. The Hall–Kier alpha value is -1.75. The highest BCUT2D eigenvalue weighted by atomic mass is 79.9. The molecule has 0 unspecified atom stereocenters. The zero-order chi connectivity index (χ0) is 13.8. The van der Waals surface area contributed by atoms with Gasteiger partial charge in [-0.2, -0.15) is 0 Å². The largest absolute Gasteiger partial charge is 0.497 e. The van der Waals surface area contributed by atoms with E-state index in [0.29, 0.717) is 27.2 Å². The summed E-state index contributed by atoms with van der Waals surface area (Å²) in [6.45, 7) is 0.218. The Labute approximate surface area is 119 Å². The second-order valence-electron chi connectivity index (χ2n) is 3.91. The molecular formula is C14H13BrFNO2. The molecule has 0 saturated carbocycles. The van der Waals surface area contributed by atoms with E-state index in [2.05, 4.69) is 15.9 Å². The minimum Gasteiger partial charge on any atom is -0.497 e. The SMILES string of the molecule is COc1ccc(N)c(OCc2cccc(F)c2Br)c1. The molecule has 3 nitrogen and oxygen atoms in total. The van der Waals surface area contributed by atoms with E-state index in [1.807, 2.05) is 0 Å². The monoisotopic (exact) mass is 325 g/mol. The molecule has 0 spiro atoms. The highest BCUT2D eigenvalue weighted by Crippen LogP contribution is 2.28. The predicted octanol–water partition coefficient (Wildman–Crippen LogP) is 3.76. The molecule has 0 aliphatic carbocycles. The molecular weight excluding hydrogens is 313 g/mol. The van der Waals surface area contributed by atoms with E-state index in [0.717, 1.165) is 0 Å². The third-order valence-electron chi connectivity index (χ3n) is 2.64. The summed E-state index contributed by atoms with van der Waals surface area (Å²) in [5.41, 5.74) is 7.03. The number of nitrogen functional groups attached to an aromatic ring is 1. The lowest BCUT2D eigenvalue weighted by Gasteiger charge is -2.11. The van der Waals surface area contributed by atoms with Crippen LogP contribution < -0.4 is 15.2 Å². The lowest BCUT2D eigenvalue weighted by Crippen LogP contribution is -2.00. The van der Waals surface area contributed by atoms with Crippen LogP contribution in [0.2, 0.25) is 0 Å². The van der Waals surface area contributed by atoms with Crippen molar-refractivity contribution in [3.63, 3.8) is 0 Å². The van der Waals surface area contributed by atoms with Crippen molar-refractivity contribution in [2.45, 2.75) is 6.61 Å². The van der Waals surface area contributed by atoms with Crippen LogP contribution in [-0.2, 0) is 6.61 Å². The number of hydrogen-bond acceptors (Lipinski definition) is 3. The van der Waals surface area contributed by atoms with Gasteiger partial charge in [-0.25, -0.2) is 4.39 Å². The maximum absolute atomic E-state index is 13.4. The van der Waals surface area contributed by atoms with Crippen LogP contribution in [0.5, 0.6) is 11.5 Å². The van der Waals surface area contributed by atoms with Gasteiger partial charge in [0, 0.05) is 11.6 Å². The smallest absolute Gasteiger partial charge is 0.146 e. The Morgan fingerprint density at radius 1 is 1.26 bits per heavy atom. The molecule has 0 atom stereocenters. The average Bonchev–Trinajstić information content (AvgIpc) is 2.42. The van der Waals surface area contributed by atoms with Crippen molar-refractivity contribution in [1.29, 1.82) is 0 Å². The minimum absolute atomic E-state index is 0.218. The normalized spacial score (nSPS) is 10.3. The van der Waals surface area contributed by atoms with Crippen LogP contribution in [0, 0.1) is 5.82 Å². The number of rotatable bonds is 4. The summed E-state index contributed by atoms with van der Waals surface area (Å²) < 4.78 is 24.5. The molecule has 0 bridgehead atoms. The Kier molecular flexibility index (Phi) is 4.27. The van der Waals surface area contributed by atoms with Crippen LogP contribution in [0.1, 0.15) is 5.56 Å². The third-order valence-corrected chi connectivity index (χ3v) is 3.52. The van der Waals surface area contributed by atoms with Crippen molar-refractivity contribution in [3.8, 4) is 11.5 Å². The van der Waals surface area contributed by atoms with E-state index in [1.54, 1.807) is 37.4 Å². The fourth-order valence-corrected chi connectivity index (χ4v) is 1.96. The van der Waals surface area contributed by atoms with Crippen molar-refractivity contribution >= 4 is 21.6 Å². The second-order valence-corrected chi connectivity index (χ2v) is 4.70. The molecule has 0 heterocycles. The zero-order valence-electron chi connectivity index (χ0n) is 10.3. The van der Waals surface area contributed by atoms with Crippen LogP contribution in [-0.4, -0.2) is 7.11 Å². The van der Waals surface area contributed by atoms with Gasteiger partial charge in [-0.15, -0.1) is 0 Å². The lowest BCUT2D eigenvalue weighted by atomic mass is 10.2. The highest BCUT2D eigenvalue weighted by molar-refractivity contribution is 9.10. The van der Waals surface area contributed by atoms with Crippen molar-refractivity contribution in [3.05, 3.63) is 52.3 Å². The first-order valence-electron chi connectivity index (χ1n) is 5.61. The zero-order valence-corrected chi connectivity index (χ0v) is 11.9. The van der Waals surface area contributed by atoms with E-state index in [9.17, 15) is 4.39 Å². The van der Waals surface area contributed by atoms with Crippen LogP contribution in [0.3, 0.4) is 0 Å². The first-order chi connectivity index (χ1) is 9.11. The molecule has 5 heteroatoms. The summed E-state index contributed by atoms with van der Waals surface area (Å²) in [6, 6.07) is 9.95. The van der Waals surface area contributed by atoms with E-state index in [1.165, 1.54) is 6.07 Å². The van der Waals surface area contributed by atoms with Gasteiger partial charge < -0.3 is 15.2 Å². The highest BCUT2D eigenvalue weighted by Gasteiger charge is 2.08. The Morgan fingerprint density at radius 2 is 2.05 bits per heavy atom. The summed E-state index contributed by atoms with van der Waals surface area (Å²) in [4.78, 5) is 0. The van der Waals surface area contributed by atoms with Gasteiger partial charge in [0.2, 0.25) is 0 Å². The van der Waals surface area contributed by atoms with E-state index < -0.39 is 0 Å². The molecule has 2 aromatic carbocycles. The van der Waals surface area contributed by atoms with Gasteiger partial charge in [-0.1, -0.05) is 12.1 Å². The Balaban J connectivity index is 2.16. The van der Waals surface area contributed by atoms with Crippen LogP contribution in [0.15, 0.2) is 40.9 Å². The molecule has 0 fully saturated rings. The summed E-state index contributed by atoms with van der Waals surface area (Å²) in [6.07, 6.45) is 0. The molecule has 2 N–H and O–H groups in total. The van der Waals surface area contributed by atoms with Crippen LogP contribution >= 0.6 is 15.9 Å². The number of hydrogen-bond donors (Lipinski definition) is 1. The van der Waals surface area contributed by atoms with Gasteiger partial charge >= 0.3 is 0 Å². The van der Waals surface area contributed by atoms with E-state index in [4.69, 9.17) is 15.2 Å². The number of halogens is 2. The minimum atomic E-state index is -0.320. The maximum atomic E-state index is 13.4. The summed E-state index contributed by atoms with van der Waals surface area (Å²) in [7, 11) is 1.57. The summed E-state index contributed by atoms with van der Waals surface area (Å²) in [5.74, 6) is 0.845. The molecule has 0 aliphatic heterocycles. The molecule has 0 aromatic heterocycles. The topological polar surface area (TPSA) is 44.5 Å². The quantitative estimate of drug-likeness (QED) is 0.870. The maximum Gasteiger partial charge on any atom is 0.146 e. The Bertz CT molecular complexity index is 590. The predicted molar refractivity (Wildman–Crippen MR) is 75.8 cm³/mol. The van der Waals surface area contributed by atoms with Gasteiger partial charge in [0.1, 0.15) is 23.9 Å². The molecule has 2 rings (SSSR count). The number of nitrogens with two attached hydrogens (primary N) is 1. The fraction of sp³-hybridized carbons (Fsp3) is 0.143. The number of methoxy groups -OCH3 is 1. The van der Waals surface area contributed by atoms with E-state index >= 15 is 0 Å².